The minimum Gasteiger partial charge on any atom is -0.360 e. The molecule has 0 aromatic heterocycles. The topological polar surface area (TPSA) is 27.3 Å². The molecule has 1 saturated heterocycles. The van der Waals surface area contributed by atoms with Crippen molar-refractivity contribution in [2.24, 2.45) is 5.92 Å². The molecule has 0 aromatic carbocycles. The average Bonchev–Trinajstić information content (AvgIpc) is 3.00. The van der Waals surface area contributed by atoms with Crippen molar-refractivity contribution in [1.29, 1.82) is 0 Å². The van der Waals surface area contributed by atoms with E-state index in [0.717, 1.165) is 17.6 Å². The largest absolute Gasteiger partial charge is 0.360 e. The molecule has 1 saturated carbocycles. The number of hydrogen-bond donors (Lipinski definition) is 2. The Labute approximate surface area is 110 Å². The Kier molecular flexibility index (Phi) is 4.62. The fourth-order valence-electron chi connectivity index (χ4n) is 2.56. The standard InChI is InChI=1S/C13H25N3S/c1-10-4-3-7-16(8-10)9-11(2)14-13(17)15-12-5-6-12/h10-12H,3-9H2,1-2H3,(H2,14,15,17)/t10-,11+/m1/s1. The van der Waals surface area contributed by atoms with Gasteiger partial charge in [-0.3, -0.25) is 0 Å². The van der Waals surface area contributed by atoms with Crippen LogP contribution >= 0.6 is 12.2 Å². The Morgan fingerprint density at radius 3 is 2.82 bits per heavy atom. The van der Waals surface area contributed by atoms with Gasteiger partial charge >= 0.3 is 0 Å². The first-order chi connectivity index (χ1) is 8.13. The van der Waals surface area contributed by atoms with Gasteiger partial charge in [0.2, 0.25) is 0 Å². The maximum absolute atomic E-state index is 5.30. The van der Waals surface area contributed by atoms with Crippen LogP contribution in [-0.4, -0.2) is 41.7 Å². The van der Waals surface area contributed by atoms with Gasteiger partial charge in [0, 0.05) is 25.2 Å². The van der Waals surface area contributed by atoms with E-state index in [1.165, 1.54) is 38.8 Å². The second-order valence-corrected chi connectivity index (χ2v) is 6.21. The van der Waals surface area contributed by atoms with Crippen molar-refractivity contribution in [3.63, 3.8) is 0 Å². The van der Waals surface area contributed by atoms with E-state index in [2.05, 4.69) is 29.4 Å². The highest BCUT2D eigenvalue weighted by atomic mass is 32.1. The maximum Gasteiger partial charge on any atom is 0.166 e. The third-order valence-electron chi connectivity index (χ3n) is 3.56. The summed E-state index contributed by atoms with van der Waals surface area (Å²) in [5, 5.41) is 7.56. The van der Waals surface area contributed by atoms with Gasteiger partial charge in [-0.2, -0.15) is 0 Å². The third kappa shape index (κ3) is 4.80. The second kappa shape index (κ2) is 6.01. The van der Waals surface area contributed by atoms with Crippen LogP contribution in [0.3, 0.4) is 0 Å². The van der Waals surface area contributed by atoms with E-state index in [1.54, 1.807) is 0 Å². The molecule has 0 radical (unpaired) electrons. The van der Waals surface area contributed by atoms with Crippen LogP contribution in [0.1, 0.15) is 39.5 Å². The van der Waals surface area contributed by atoms with E-state index in [0.29, 0.717) is 12.1 Å². The highest BCUT2D eigenvalue weighted by Crippen LogP contribution is 2.18. The van der Waals surface area contributed by atoms with E-state index in [9.17, 15) is 0 Å². The summed E-state index contributed by atoms with van der Waals surface area (Å²) < 4.78 is 0. The first kappa shape index (κ1) is 13.1. The first-order valence-electron chi connectivity index (χ1n) is 6.93. The Hall–Kier alpha value is -0.350. The lowest BCUT2D eigenvalue weighted by molar-refractivity contribution is 0.174. The van der Waals surface area contributed by atoms with E-state index in [-0.39, 0.29) is 0 Å². The number of nitrogens with one attached hydrogen (secondary N) is 2. The van der Waals surface area contributed by atoms with Gasteiger partial charge in [0.05, 0.1) is 0 Å². The Balaban J connectivity index is 1.64. The van der Waals surface area contributed by atoms with Gasteiger partial charge in [0.25, 0.3) is 0 Å². The molecule has 0 aromatic rings. The third-order valence-corrected chi connectivity index (χ3v) is 3.80. The van der Waals surface area contributed by atoms with E-state index >= 15 is 0 Å². The van der Waals surface area contributed by atoms with Crippen molar-refractivity contribution in [2.45, 2.75) is 51.6 Å². The summed E-state index contributed by atoms with van der Waals surface area (Å²) in [4.78, 5) is 2.56. The molecule has 17 heavy (non-hydrogen) atoms. The number of nitrogens with zero attached hydrogens (tertiary/aromatic N) is 1. The molecule has 4 heteroatoms. The van der Waals surface area contributed by atoms with Crippen LogP contribution in [0.5, 0.6) is 0 Å². The molecule has 0 unspecified atom stereocenters. The number of hydrogen-bond acceptors (Lipinski definition) is 2. The first-order valence-corrected chi connectivity index (χ1v) is 7.33. The molecule has 1 aliphatic heterocycles. The predicted octanol–water partition coefficient (Wildman–Crippen LogP) is 1.73. The zero-order chi connectivity index (χ0) is 12.3. The van der Waals surface area contributed by atoms with Crippen molar-refractivity contribution in [3.8, 4) is 0 Å². The molecule has 2 rings (SSSR count). The predicted molar refractivity (Wildman–Crippen MR) is 76.2 cm³/mol. The van der Waals surface area contributed by atoms with Crippen molar-refractivity contribution in [3.05, 3.63) is 0 Å². The van der Waals surface area contributed by atoms with Crippen LogP contribution in [0.25, 0.3) is 0 Å². The SMILES string of the molecule is C[C@@H]1CCCN(C[C@H](C)NC(=S)NC2CC2)C1. The summed E-state index contributed by atoms with van der Waals surface area (Å²) in [6.07, 6.45) is 5.29. The van der Waals surface area contributed by atoms with Gasteiger partial charge in [0.15, 0.2) is 5.11 Å². The van der Waals surface area contributed by atoms with E-state index in [4.69, 9.17) is 12.2 Å². The summed E-state index contributed by atoms with van der Waals surface area (Å²) in [5.74, 6) is 0.854. The van der Waals surface area contributed by atoms with Gasteiger partial charge in [0.1, 0.15) is 0 Å². The number of rotatable bonds is 4. The maximum atomic E-state index is 5.30. The summed E-state index contributed by atoms with van der Waals surface area (Å²) in [7, 11) is 0. The fourth-order valence-corrected chi connectivity index (χ4v) is 2.93. The molecule has 2 atom stereocenters. The molecule has 98 valence electrons. The molecule has 2 N–H and O–H groups in total. The van der Waals surface area contributed by atoms with Crippen molar-refractivity contribution < 1.29 is 0 Å². The van der Waals surface area contributed by atoms with Gasteiger partial charge < -0.3 is 15.5 Å². The van der Waals surface area contributed by atoms with E-state index < -0.39 is 0 Å². The molecule has 1 aliphatic carbocycles. The van der Waals surface area contributed by atoms with Crippen LogP contribution < -0.4 is 10.6 Å². The summed E-state index contributed by atoms with van der Waals surface area (Å²) >= 11 is 5.30. The van der Waals surface area contributed by atoms with Crippen LogP contribution in [0.4, 0.5) is 0 Å². The molecule has 0 spiro atoms. The quantitative estimate of drug-likeness (QED) is 0.748. The second-order valence-electron chi connectivity index (χ2n) is 5.80. The monoisotopic (exact) mass is 255 g/mol. The Morgan fingerprint density at radius 2 is 2.18 bits per heavy atom. The van der Waals surface area contributed by atoms with Crippen molar-refractivity contribution in [2.75, 3.05) is 19.6 Å². The molecule has 1 heterocycles. The zero-order valence-electron chi connectivity index (χ0n) is 11.0. The lowest BCUT2D eigenvalue weighted by atomic mass is 10.00. The number of piperidine rings is 1. The van der Waals surface area contributed by atoms with Crippen molar-refractivity contribution >= 4 is 17.3 Å². The van der Waals surface area contributed by atoms with Crippen LogP contribution in [0.15, 0.2) is 0 Å². The fraction of sp³-hybridized carbons (Fsp3) is 0.923. The Morgan fingerprint density at radius 1 is 1.41 bits per heavy atom. The van der Waals surface area contributed by atoms with Gasteiger partial charge in [-0.05, 0) is 57.3 Å². The molecule has 2 fully saturated rings. The minimum absolute atomic E-state index is 0.444. The smallest absolute Gasteiger partial charge is 0.166 e. The lowest BCUT2D eigenvalue weighted by Crippen LogP contribution is -2.48. The number of thiocarbonyl (C=S) groups is 1. The Bertz CT molecular complexity index is 265. The normalized spacial score (nSPS) is 27.5. The van der Waals surface area contributed by atoms with Gasteiger partial charge in [-0.25, -0.2) is 0 Å². The molecular weight excluding hydrogens is 230 g/mol. The molecule has 0 bridgehead atoms. The zero-order valence-corrected chi connectivity index (χ0v) is 11.9. The minimum atomic E-state index is 0.444. The van der Waals surface area contributed by atoms with Crippen molar-refractivity contribution in [1.82, 2.24) is 15.5 Å². The summed E-state index contributed by atoms with van der Waals surface area (Å²) in [6, 6.07) is 1.09. The lowest BCUT2D eigenvalue weighted by Gasteiger charge is -2.33. The average molecular weight is 255 g/mol. The van der Waals surface area contributed by atoms with Crippen LogP contribution in [-0.2, 0) is 0 Å². The van der Waals surface area contributed by atoms with Gasteiger partial charge in [-0.15, -0.1) is 0 Å². The highest BCUT2D eigenvalue weighted by Gasteiger charge is 2.23. The van der Waals surface area contributed by atoms with E-state index in [1.807, 2.05) is 0 Å². The highest BCUT2D eigenvalue weighted by molar-refractivity contribution is 7.80. The van der Waals surface area contributed by atoms with Gasteiger partial charge in [-0.1, -0.05) is 6.92 Å². The van der Waals surface area contributed by atoms with Crippen LogP contribution in [0.2, 0.25) is 0 Å². The molecule has 0 amide bonds. The van der Waals surface area contributed by atoms with Crippen LogP contribution in [0, 0.1) is 5.92 Å². The summed E-state index contributed by atoms with van der Waals surface area (Å²) in [5.41, 5.74) is 0. The summed E-state index contributed by atoms with van der Waals surface area (Å²) in [6.45, 7) is 8.18. The number of likely N-dealkylation sites (tertiary alicyclic amines) is 1. The molecule has 2 aliphatic rings. The molecule has 3 nitrogen and oxygen atoms in total. The molecular formula is C13H25N3S.